The van der Waals surface area contributed by atoms with E-state index in [1.807, 2.05) is 6.07 Å². The van der Waals surface area contributed by atoms with Gasteiger partial charge in [-0.2, -0.15) is 22.8 Å². The molecular formula is C17H10F3N3O. The molecule has 4 nitrogen and oxygen atoms in total. The van der Waals surface area contributed by atoms with Crippen LogP contribution in [0.3, 0.4) is 0 Å². The third-order valence-electron chi connectivity index (χ3n) is 3.83. The third-order valence-corrected chi connectivity index (χ3v) is 3.83. The van der Waals surface area contributed by atoms with Crippen LogP contribution in [0.2, 0.25) is 0 Å². The van der Waals surface area contributed by atoms with E-state index in [0.717, 1.165) is 12.1 Å². The normalized spacial score (nSPS) is 12.1. The molecule has 4 aromatic rings. The van der Waals surface area contributed by atoms with Crippen LogP contribution in [-0.4, -0.2) is 14.6 Å². The highest BCUT2D eigenvalue weighted by atomic mass is 19.4. The van der Waals surface area contributed by atoms with E-state index >= 15 is 0 Å². The van der Waals surface area contributed by atoms with Crippen molar-refractivity contribution < 1.29 is 13.2 Å². The fourth-order valence-electron chi connectivity index (χ4n) is 2.63. The summed E-state index contributed by atoms with van der Waals surface area (Å²) in [6, 6.07) is 13.3. The monoisotopic (exact) mass is 329 g/mol. The predicted molar refractivity (Wildman–Crippen MR) is 83.8 cm³/mol. The molecule has 2 aromatic heterocycles. The SMILES string of the molecule is O=c1c2ccccc2[nH]c2cc(-c3ccc(C(F)(F)F)cc3)nn12. The van der Waals surface area contributed by atoms with Crippen LogP contribution in [0.1, 0.15) is 5.56 Å². The fraction of sp³-hybridized carbons (Fsp3) is 0.0588. The molecule has 0 aliphatic carbocycles. The Morgan fingerprint density at radius 3 is 2.42 bits per heavy atom. The molecule has 0 bridgehead atoms. The lowest BCUT2D eigenvalue weighted by molar-refractivity contribution is -0.137. The minimum atomic E-state index is -4.38. The Kier molecular flexibility index (Phi) is 2.99. The van der Waals surface area contributed by atoms with Crippen molar-refractivity contribution in [1.82, 2.24) is 14.6 Å². The summed E-state index contributed by atoms with van der Waals surface area (Å²) >= 11 is 0. The van der Waals surface area contributed by atoms with Gasteiger partial charge in [-0.05, 0) is 24.3 Å². The molecule has 0 spiro atoms. The van der Waals surface area contributed by atoms with Crippen LogP contribution in [0.15, 0.2) is 59.4 Å². The molecule has 0 radical (unpaired) electrons. The first-order chi connectivity index (χ1) is 11.4. The first kappa shape index (κ1) is 14.5. The molecule has 0 amide bonds. The van der Waals surface area contributed by atoms with Crippen molar-refractivity contribution >= 4 is 16.6 Å². The highest BCUT2D eigenvalue weighted by molar-refractivity contribution is 5.80. The molecule has 0 saturated carbocycles. The number of benzene rings is 2. The number of alkyl halides is 3. The maximum absolute atomic E-state index is 12.6. The summed E-state index contributed by atoms with van der Waals surface area (Å²) in [6.07, 6.45) is -4.38. The van der Waals surface area contributed by atoms with Gasteiger partial charge in [0.05, 0.1) is 22.2 Å². The van der Waals surface area contributed by atoms with Crippen LogP contribution in [0.25, 0.3) is 27.8 Å². The molecule has 2 aromatic carbocycles. The molecule has 0 saturated heterocycles. The van der Waals surface area contributed by atoms with E-state index in [9.17, 15) is 18.0 Å². The Hall–Kier alpha value is -3.09. The highest BCUT2D eigenvalue weighted by Crippen LogP contribution is 2.30. The highest BCUT2D eigenvalue weighted by Gasteiger charge is 2.30. The lowest BCUT2D eigenvalue weighted by Crippen LogP contribution is -2.15. The summed E-state index contributed by atoms with van der Waals surface area (Å²) in [6.45, 7) is 0. The molecule has 0 unspecified atom stereocenters. The van der Waals surface area contributed by atoms with E-state index < -0.39 is 11.7 Å². The maximum atomic E-state index is 12.6. The van der Waals surface area contributed by atoms with E-state index in [1.54, 1.807) is 24.3 Å². The van der Waals surface area contributed by atoms with Gasteiger partial charge in [-0.25, -0.2) is 0 Å². The zero-order chi connectivity index (χ0) is 16.9. The molecule has 0 atom stereocenters. The second kappa shape index (κ2) is 4.95. The van der Waals surface area contributed by atoms with Crippen molar-refractivity contribution in [2.24, 2.45) is 0 Å². The van der Waals surface area contributed by atoms with Gasteiger partial charge < -0.3 is 4.98 Å². The van der Waals surface area contributed by atoms with Crippen molar-refractivity contribution in [2.75, 3.05) is 0 Å². The zero-order valence-corrected chi connectivity index (χ0v) is 12.1. The van der Waals surface area contributed by atoms with Crippen LogP contribution >= 0.6 is 0 Å². The van der Waals surface area contributed by atoms with Gasteiger partial charge in [0.2, 0.25) is 0 Å². The van der Waals surface area contributed by atoms with E-state index in [4.69, 9.17) is 0 Å². The van der Waals surface area contributed by atoms with Crippen molar-refractivity contribution in [3.63, 3.8) is 0 Å². The van der Waals surface area contributed by atoms with E-state index in [-0.39, 0.29) is 5.56 Å². The van der Waals surface area contributed by atoms with Crippen molar-refractivity contribution in [2.45, 2.75) is 6.18 Å². The van der Waals surface area contributed by atoms with Crippen LogP contribution < -0.4 is 5.56 Å². The predicted octanol–water partition coefficient (Wildman–Crippen LogP) is 3.86. The molecule has 2 heterocycles. The Bertz CT molecular complexity index is 1110. The largest absolute Gasteiger partial charge is 0.416 e. The summed E-state index contributed by atoms with van der Waals surface area (Å²) in [5.41, 5.74) is 1.08. The quantitative estimate of drug-likeness (QED) is 0.576. The van der Waals surface area contributed by atoms with Gasteiger partial charge >= 0.3 is 6.18 Å². The zero-order valence-electron chi connectivity index (χ0n) is 12.1. The topological polar surface area (TPSA) is 50.2 Å². The second-order valence-electron chi connectivity index (χ2n) is 5.38. The lowest BCUT2D eigenvalue weighted by atomic mass is 10.1. The van der Waals surface area contributed by atoms with Crippen molar-refractivity contribution in [1.29, 1.82) is 0 Å². The van der Waals surface area contributed by atoms with Gasteiger partial charge in [0, 0.05) is 11.6 Å². The Balaban J connectivity index is 1.87. The molecule has 0 aliphatic rings. The number of nitrogens with zero attached hydrogens (tertiary/aromatic N) is 2. The molecule has 0 fully saturated rings. The van der Waals surface area contributed by atoms with Crippen LogP contribution in [-0.2, 0) is 6.18 Å². The van der Waals surface area contributed by atoms with E-state index in [2.05, 4.69) is 10.1 Å². The number of fused-ring (bicyclic) bond motifs is 2. The summed E-state index contributed by atoms with van der Waals surface area (Å²) in [5, 5.41) is 4.71. The number of para-hydroxylation sites is 1. The van der Waals surface area contributed by atoms with Crippen molar-refractivity contribution in [3.8, 4) is 11.3 Å². The number of halogens is 3. The number of hydrogen-bond acceptors (Lipinski definition) is 2. The van der Waals surface area contributed by atoms with Crippen LogP contribution in [0.4, 0.5) is 13.2 Å². The standard InChI is InChI=1S/C17H10F3N3O/c18-17(19,20)11-7-5-10(6-8-11)14-9-15-21-13-4-2-1-3-12(13)16(24)23(15)22-14/h1-9,21H. The molecule has 1 N–H and O–H groups in total. The maximum Gasteiger partial charge on any atom is 0.416 e. The van der Waals surface area contributed by atoms with E-state index in [1.165, 1.54) is 16.6 Å². The average Bonchev–Trinajstić information content (AvgIpc) is 2.99. The van der Waals surface area contributed by atoms with E-state index in [0.29, 0.717) is 27.8 Å². The molecule has 7 heteroatoms. The van der Waals surface area contributed by atoms with Crippen LogP contribution in [0, 0.1) is 0 Å². The summed E-state index contributed by atoms with van der Waals surface area (Å²) in [5.74, 6) is 0. The smallest absolute Gasteiger partial charge is 0.339 e. The molecule has 4 rings (SSSR count). The Morgan fingerprint density at radius 2 is 1.71 bits per heavy atom. The number of nitrogens with one attached hydrogen (secondary N) is 1. The molecular weight excluding hydrogens is 319 g/mol. The molecule has 0 aliphatic heterocycles. The van der Waals surface area contributed by atoms with Gasteiger partial charge in [0.25, 0.3) is 5.56 Å². The summed E-state index contributed by atoms with van der Waals surface area (Å²) < 4.78 is 39.1. The number of rotatable bonds is 1. The fourth-order valence-corrected chi connectivity index (χ4v) is 2.63. The average molecular weight is 329 g/mol. The second-order valence-corrected chi connectivity index (χ2v) is 5.38. The van der Waals surface area contributed by atoms with Crippen LogP contribution in [0.5, 0.6) is 0 Å². The van der Waals surface area contributed by atoms with Gasteiger partial charge in [-0.3, -0.25) is 4.79 Å². The summed E-state index contributed by atoms with van der Waals surface area (Å²) in [7, 11) is 0. The van der Waals surface area contributed by atoms with Gasteiger partial charge in [0.15, 0.2) is 0 Å². The van der Waals surface area contributed by atoms with Crippen molar-refractivity contribution in [3.05, 3.63) is 70.5 Å². The number of aromatic nitrogens is 3. The number of H-pyrrole nitrogens is 1. The molecule has 24 heavy (non-hydrogen) atoms. The lowest BCUT2D eigenvalue weighted by Gasteiger charge is -2.06. The Labute approximate surface area is 133 Å². The number of hydrogen-bond donors (Lipinski definition) is 1. The first-order valence-corrected chi connectivity index (χ1v) is 7.12. The van der Waals surface area contributed by atoms with Gasteiger partial charge in [-0.1, -0.05) is 24.3 Å². The third kappa shape index (κ3) is 2.25. The number of aromatic amines is 1. The summed E-state index contributed by atoms with van der Waals surface area (Å²) in [4.78, 5) is 15.5. The first-order valence-electron chi connectivity index (χ1n) is 7.12. The minimum absolute atomic E-state index is 0.280. The van der Waals surface area contributed by atoms with Gasteiger partial charge in [-0.15, -0.1) is 0 Å². The Morgan fingerprint density at radius 1 is 1.00 bits per heavy atom. The molecule has 120 valence electrons. The van der Waals surface area contributed by atoms with Gasteiger partial charge in [0.1, 0.15) is 5.65 Å². The minimum Gasteiger partial charge on any atom is -0.339 e.